The van der Waals surface area contributed by atoms with Crippen LogP contribution in [0.15, 0.2) is 24.3 Å². The molecule has 1 fully saturated rings. The molecule has 1 heterocycles. The molecule has 0 spiro atoms. The fourth-order valence-corrected chi connectivity index (χ4v) is 2.34. The maximum absolute atomic E-state index is 12.5. The number of hydrogen-bond donors (Lipinski definition) is 0. The summed E-state index contributed by atoms with van der Waals surface area (Å²) in [7, 11) is 0. The third-order valence-electron chi connectivity index (χ3n) is 3.72. The Hall–Kier alpha value is -2.04. The zero-order valence-corrected chi connectivity index (χ0v) is 12.6. The van der Waals surface area contributed by atoms with Gasteiger partial charge in [0.25, 0.3) is 5.91 Å². The van der Waals surface area contributed by atoms with Crippen LogP contribution in [0, 0.1) is 6.92 Å². The zero-order valence-electron chi connectivity index (χ0n) is 12.6. The average molecular weight is 290 g/mol. The standard InChI is InChI=1S/C16H22N2O3/c1-3-15(21-14-6-4-13(2)5-7-14)16(20)18-10-8-17(12-19)9-11-18/h4-7,12,15H,3,8-11H2,1-2H3/t15-/m0/s1. The lowest BCUT2D eigenvalue weighted by molar-refractivity contribution is -0.142. The van der Waals surface area contributed by atoms with Crippen molar-refractivity contribution in [1.82, 2.24) is 9.80 Å². The molecule has 0 aliphatic carbocycles. The highest BCUT2D eigenvalue weighted by molar-refractivity contribution is 5.81. The number of amides is 2. The first-order valence-corrected chi connectivity index (χ1v) is 7.35. The summed E-state index contributed by atoms with van der Waals surface area (Å²) in [6.45, 7) is 6.29. The monoisotopic (exact) mass is 290 g/mol. The van der Waals surface area contributed by atoms with Crippen LogP contribution in [0.3, 0.4) is 0 Å². The molecule has 0 N–H and O–H groups in total. The Morgan fingerprint density at radius 1 is 1.24 bits per heavy atom. The van der Waals surface area contributed by atoms with Gasteiger partial charge in [-0.05, 0) is 25.5 Å². The third-order valence-corrected chi connectivity index (χ3v) is 3.72. The summed E-state index contributed by atoms with van der Waals surface area (Å²) in [5, 5.41) is 0. The Labute approximate surface area is 125 Å². The topological polar surface area (TPSA) is 49.9 Å². The van der Waals surface area contributed by atoms with Gasteiger partial charge in [-0.25, -0.2) is 0 Å². The zero-order chi connectivity index (χ0) is 15.2. The van der Waals surface area contributed by atoms with Gasteiger partial charge in [0, 0.05) is 26.2 Å². The van der Waals surface area contributed by atoms with Crippen LogP contribution in [0.4, 0.5) is 0 Å². The Kier molecular flexibility index (Phi) is 5.20. The number of carbonyl (C=O) groups is 2. The van der Waals surface area contributed by atoms with Crippen molar-refractivity contribution < 1.29 is 14.3 Å². The molecule has 1 saturated heterocycles. The molecule has 1 aromatic rings. The van der Waals surface area contributed by atoms with E-state index in [1.807, 2.05) is 38.1 Å². The molecular weight excluding hydrogens is 268 g/mol. The highest BCUT2D eigenvalue weighted by Gasteiger charge is 2.27. The Morgan fingerprint density at radius 2 is 1.86 bits per heavy atom. The number of rotatable bonds is 5. The van der Waals surface area contributed by atoms with E-state index in [-0.39, 0.29) is 5.91 Å². The molecule has 114 valence electrons. The van der Waals surface area contributed by atoms with Crippen LogP contribution in [0.2, 0.25) is 0 Å². The number of ether oxygens (including phenoxy) is 1. The van der Waals surface area contributed by atoms with Crippen molar-refractivity contribution in [3.63, 3.8) is 0 Å². The summed E-state index contributed by atoms with van der Waals surface area (Å²) in [6.07, 6.45) is 0.998. The van der Waals surface area contributed by atoms with Crippen LogP contribution in [0.5, 0.6) is 5.75 Å². The highest BCUT2D eigenvalue weighted by Crippen LogP contribution is 2.16. The van der Waals surface area contributed by atoms with Gasteiger partial charge in [0.2, 0.25) is 6.41 Å². The van der Waals surface area contributed by atoms with Gasteiger partial charge >= 0.3 is 0 Å². The molecule has 1 aliphatic rings. The number of nitrogens with zero attached hydrogens (tertiary/aromatic N) is 2. The largest absolute Gasteiger partial charge is 0.481 e. The average Bonchev–Trinajstić information content (AvgIpc) is 2.54. The highest BCUT2D eigenvalue weighted by atomic mass is 16.5. The lowest BCUT2D eigenvalue weighted by Gasteiger charge is -2.34. The number of carbonyl (C=O) groups excluding carboxylic acids is 2. The predicted octanol–water partition coefficient (Wildman–Crippen LogP) is 1.45. The minimum Gasteiger partial charge on any atom is -0.481 e. The Balaban J connectivity index is 1.95. The molecule has 1 aromatic carbocycles. The van der Waals surface area contributed by atoms with Gasteiger partial charge in [-0.3, -0.25) is 9.59 Å². The second-order valence-corrected chi connectivity index (χ2v) is 5.29. The van der Waals surface area contributed by atoms with Crippen LogP contribution < -0.4 is 4.74 Å². The van der Waals surface area contributed by atoms with E-state index in [4.69, 9.17) is 4.74 Å². The summed E-state index contributed by atoms with van der Waals surface area (Å²) < 4.78 is 5.81. The molecule has 0 bridgehead atoms. The van der Waals surface area contributed by atoms with Crippen LogP contribution >= 0.6 is 0 Å². The van der Waals surface area contributed by atoms with Crippen LogP contribution in [0.25, 0.3) is 0 Å². The first-order valence-electron chi connectivity index (χ1n) is 7.35. The first-order chi connectivity index (χ1) is 10.1. The van der Waals surface area contributed by atoms with Crippen LogP contribution in [-0.4, -0.2) is 54.4 Å². The van der Waals surface area contributed by atoms with E-state index in [9.17, 15) is 9.59 Å². The molecule has 2 amide bonds. The van der Waals surface area contributed by atoms with E-state index in [1.165, 1.54) is 0 Å². The van der Waals surface area contributed by atoms with Gasteiger partial charge in [-0.15, -0.1) is 0 Å². The molecule has 1 aliphatic heterocycles. The molecule has 5 nitrogen and oxygen atoms in total. The SMILES string of the molecule is CC[C@H](Oc1ccc(C)cc1)C(=O)N1CCN(C=O)CC1. The quantitative estimate of drug-likeness (QED) is 0.771. The fourth-order valence-electron chi connectivity index (χ4n) is 2.34. The van der Waals surface area contributed by atoms with E-state index in [1.54, 1.807) is 9.80 Å². The van der Waals surface area contributed by atoms with Gasteiger partial charge in [0.05, 0.1) is 0 Å². The molecule has 0 aromatic heterocycles. The maximum atomic E-state index is 12.5. The first kappa shape index (κ1) is 15.4. The number of benzene rings is 1. The van der Waals surface area contributed by atoms with Gasteiger partial charge in [-0.2, -0.15) is 0 Å². The molecular formula is C16H22N2O3. The van der Waals surface area contributed by atoms with Crippen molar-refractivity contribution in [3.8, 4) is 5.75 Å². The summed E-state index contributed by atoms with van der Waals surface area (Å²) in [5.74, 6) is 0.718. The molecule has 0 saturated carbocycles. The molecule has 21 heavy (non-hydrogen) atoms. The van der Waals surface area contributed by atoms with Crippen molar-refractivity contribution in [2.24, 2.45) is 0 Å². The number of aryl methyl sites for hydroxylation is 1. The number of piperazine rings is 1. The van der Waals surface area contributed by atoms with Crippen molar-refractivity contribution in [1.29, 1.82) is 0 Å². The maximum Gasteiger partial charge on any atom is 0.263 e. The van der Waals surface area contributed by atoms with E-state index in [0.717, 1.165) is 12.0 Å². The third kappa shape index (κ3) is 3.97. The van der Waals surface area contributed by atoms with Crippen molar-refractivity contribution in [2.45, 2.75) is 26.4 Å². The van der Waals surface area contributed by atoms with Crippen LogP contribution in [0.1, 0.15) is 18.9 Å². The summed E-state index contributed by atoms with van der Waals surface area (Å²) in [5.41, 5.74) is 1.16. The van der Waals surface area contributed by atoms with Crippen LogP contribution in [-0.2, 0) is 9.59 Å². The minimum absolute atomic E-state index is 0.00336. The van der Waals surface area contributed by atoms with Crippen molar-refractivity contribution in [2.75, 3.05) is 26.2 Å². The normalized spacial score (nSPS) is 16.5. The van der Waals surface area contributed by atoms with Gasteiger partial charge in [-0.1, -0.05) is 24.6 Å². The van der Waals surface area contributed by atoms with Crippen molar-refractivity contribution in [3.05, 3.63) is 29.8 Å². The van der Waals surface area contributed by atoms with E-state index >= 15 is 0 Å². The molecule has 2 rings (SSSR count). The summed E-state index contributed by atoms with van der Waals surface area (Å²) in [4.78, 5) is 26.6. The van der Waals surface area contributed by atoms with Crippen molar-refractivity contribution >= 4 is 12.3 Å². The van der Waals surface area contributed by atoms with Gasteiger partial charge in [0.1, 0.15) is 5.75 Å². The Morgan fingerprint density at radius 3 is 2.38 bits per heavy atom. The summed E-state index contributed by atoms with van der Waals surface area (Å²) in [6, 6.07) is 7.70. The molecule has 1 atom stereocenters. The second kappa shape index (κ2) is 7.11. The van der Waals surface area contributed by atoms with Gasteiger partial charge in [0.15, 0.2) is 6.10 Å². The molecule has 5 heteroatoms. The minimum atomic E-state index is -0.463. The fraction of sp³-hybridized carbons (Fsp3) is 0.500. The Bertz CT molecular complexity index is 479. The van der Waals surface area contributed by atoms with Gasteiger partial charge < -0.3 is 14.5 Å². The van der Waals surface area contributed by atoms with E-state index < -0.39 is 6.10 Å². The second-order valence-electron chi connectivity index (χ2n) is 5.29. The number of hydrogen-bond acceptors (Lipinski definition) is 3. The van der Waals surface area contributed by atoms with E-state index in [0.29, 0.717) is 38.3 Å². The summed E-state index contributed by atoms with van der Waals surface area (Å²) >= 11 is 0. The van der Waals surface area contributed by atoms with E-state index in [2.05, 4.69) is 0 Å². The lowest BCUT2D eigenvalue weighted by atomic mass is 10.2. The predicted molar refractivity (Wildman–Crippen MR) is 80.1 cm³/mol. The molecule has 0 unspecified atom stereocenters. The lowest BCUT2D eigenvalue weighted by Crippen LogP contribution is -2.51. The molecule has 0 radical (unpaired) electrons. The smallest absolute Gasteiger partial charge is 0.263 e.